The summed E-state index contributed by atoms with van der Waals surface area (Å²) in [6.07, 6.45) is 3.70. The molecule has 2 N–H and O–H groups in total. The van der Waals surface area contributed by atoms with E-state index in [4.69, 9.17) is 5.73 Å². The molecule has 84 valence electrons. The predicted molar refractivity (Wildman–Crippen MR) is 74.4 cm³/mol. The molecular formula is C12H14IN3. The zero-order valence-electron chi connectivity index (χ0n) is 9.20. The Kier molecular flexibility index (Phi) is 2.18. The third kappa shape index (κ3) is 1.35. The van der Waals surface area contributed by atoms with Gasteiger partial charge in [0.25, 0.3) is 0 Å². The van der Waals surface area contributed by atoms with Gasteiger partial charge in [0.2, 0.25) is 5.95 Å². The molecule has 0 amide bonds. The summed E-state index contributed by atoms with van der Waals surface area (Å²) in [4.78, 5) is 4.46. The number of nitrogen functional groups attached to an aromatic ring is 1. The molecule has 1 aromatic carbocycles. The number of hydrogen-bond donors (Lipinski definition) is 1. The minimum atomic E-state index is 0.186. The molecule has 0 radical (unpaired) electrons. The van der Waals surface area contributed by atoms with E-state index in [1.54, 1.807) is 0 Å². The highest BCUT2D eigenvalue weighted by Crippen LogP contribution is 2.42. The Bertz CT molecular complexity index is 555. The number of benzene rings is 1. The van der Waals surface area contributed by atoms with Crippen LogP contribution in [0.4, 0.5) is 5.95 Å². The van der Waals surface area contributed by atoms with Gasteiger partial charge < -0.3 is 10.3 Å². The number of imidazole rings is 1. The molecule has 1 saturated carbocycles. The van der Waals surface area contributed by atoms with E-state index in [2.05, 4.69) is 57.3 Å². The van der Waals surface area contributed by atoms with Crippen molar-refractivity contribution in [1.29, 1.82) is 0 Å². The van der Waals surface area contributed by atoms with Crippen LogP contribution in [-0.2, 0) is 5.54 Å². The molecule has 4 heteroatoms. The normalized spacial score (nSPS) is 18.6. The van der Waals surface area contributed by atoms with Crippen LogP contribution in [0.1, 0.15) is 26.2 Å². The Morgan fingerprint density at radius 2 is 2.19 bits per heavy atom. The number of rotatable bonds is 1. The Balaban J connectivity index is 2.27. The highest BCUT2D eigenvalue weighted by atomic mass is 127. The molecule has 0 unspecified atom stereocenters. The highest BCUT2D eigenvalue weighted by molar-refractivity contribution is 14.1. The number of hydrogen-bond acceptors (Lipinski definition) is 2. The van der Waals surface area contributed by atoms with E-state index in [0.717, 1.165) is 5.52 Å². The van der Waals surface area contributed by atoms with E-state index < -0.39 is 0 Å². The van der Waals surface area contributed by atoms with Gasteiger partial charge >= 0.3 is 0 Å². The van der Waals surface area contributed by atoms with Crippen LogP contribution in [0.25, 0.3) is 11.0 Å². The lowest BCUT2D eigenvalue weighted by atomic mass is 9.78. The van der Waals surface area contributed by atoms with Crippen molar-refractivity contribution in [2.24, 2.45) is 0 Å². The Labute approximate surface area is 108 Å². The summed E-state index contributed by atoms with van der Waals surface area (Å²) in [7, 11) is 0. The topological polar surface area (TPSA) is 43.8 Å². The second-order valence-electron chi connectivity index (χ2n) is 4.79. The smallest absolute Gasteiger partial charge is 0.201 e. The SMILES string of the molecule is CC1(n2c(N)nc3cc(I)ccc32)CCC1. The Morgan fingerprint density at radius 1 is 1.44 bits per heavy atom. The van der Waals surface area contributed by atoms with Crippen LogP contribution in [0, 0.1) is 3.57 Å². The van der Waals surface area contributed by atoms with Crippen LogP contribution in [0.3, 0.4) is 0 Å². The maximum Gasteiger partial charge on any atom is 0.201 e. The number of aromatic nitrogens is 2. The van der Waals surface area contributed by atoms with Gasteiger partial charge in [0, 0.05) is 9.11 Å². The van der Waals surface area contributed by atoms with Crippen molar-refractivity contribution >= 4 is 39.6 Å². The fraction of sp³-hybridized carbons (Fsp3) is 0.417. The van der Waals surface area contributed by atoms with Crippen molar-refractivity contribution in [2.75, 3.05) is 5.73 Å². The molecule has 1 aromatic heterocycles. The molecule has 1 heterocycles. The maximum absolute atomic E-state index is 6.05. The minimum Gasteiger partial charge on any atom is -0.369 e. The van der Waals surface area contributed by atoms with Crippen molar-refractivity contribution < 1.29 is 0 Å². The Morgan fingerprint density at radius 3 is 2.81 bits per heavy atom. The summed E-state index contributed by atoms with van der Waals surface area (Å²) in [6, 6.07) is 6.33. The molecule has 0 spiro atoms. The molecule has 0 bridgehead atoms. The molecule has 1 aliphatic rings. The largest absolute Gasteiger partial charge is 0.369 e. The van der Waals surface area contributed by atoms with Crippen LogP contribution in [-0.4, -0.2) is 9.55 Å². The quantitative estimate of drug-likeness (QED) is 0.818. The summed E-state index contributed by atoms with van der Waals surface area (Å²) in [5.74, 6) is 0.652. The van der Waals surface area contributed by atoms with E-state index in [-0.39, 0.29) is 5.54 Å². The van der Waals surface area contributed by atoms with E-state index in [9.17, 15) is 0 Å². The van der Waals surface area contributed by atoms with Crippen molar-refractivity contribution in [3.05, 3.63) is 21.8 Å². The van der Waals surface area contributed by atoms with Crippen LogP contribution in [0.5, 0.6) is 0 Å². The van der Waals surface area contributed by atoms with Gasteiger partial charge in [-0.2, -0.15) is 0 Å². The van der Waals surface area contributed by atoms with Crippen molar-refractivity contribution in [3.8, 4) is 0 Å². The summed E-state index contributed by atoms with van der Waals surface area (Å²) in [5, 5.41) is 0. The fourth-order valence-corrected chi connectivity index (χ4v) is 3.03. The molecule has 0 atom stereocenters. The van der Waals surface area contributed by atoms with Crippen LogP contribution < -0.4 is 5.73 Å². The third-order valence-electron chi connectivity index (χ3n) is 3.61. The molecule has 3 nitrogen and oxygen atoms in total. The van der Waals surface area contributed by atoms with Gasteiger partial charge in [-0.05, 0) is 67.0 Å². The van der Waals surface area contributed by atoms with Gasteiger partial charge in [-0.15, -0.1) is 0 Å². The molecule has 0 aliphatic heterocycles. The summed E-state index contributed by atoms with van der Waals surface area (Å²) >= 11 is 2.30. The zero-order chi connectivity index (χ0) is 11.3. The summed E-state index contributed by atoms with van der Waals surface area (Å²) in [6.45, 7) is 2.27. The lowest BCUT2D eigenvalue weighted by Gasteiger charge is -2.40. The minimum absolute atomic E-state index is 0.186. The molecule has 0 saturated heterocycles. The van der Waals surface area contributed by atoms with Gasteiger partial charge in [-0.3, -0.25) is 0 Å². The molecular weight excluding hydrogens is 313 g/mol. The van der Waals surface area contributed by atoms with Crippen LogP contribution in [0.2, 0.25) is 0 Å². The standard InChI is InChI=1S/C12H14IN3/c1-12(5-2-6-12)16-10-4-3-8(13)7-9(10)15-11(16)14/h3-4,7H,2,5-6H2,1H3,(H2,14,15). The summed E-state index contributed by atoms with van der Waals surface area (Å²) < 4.78 is 3.41. The molecule has 3 rings (SSSR count). The fourth-order valence-electron chi connectivity index (χ4n) is 2.55. The summed E-state index contributed by atoms with van der Waals surface area (Å²) in [5.41, 5.74) is 8.41. The second-order valence-corrected chi connectivity index (χ2v) is 6.03. The van der Waals surface area contributed by atoms with Crippen molar-refractivity contribution in [1.82, 2.24) is 9.55 Å². The van der Waals surface area contributed by atoms with Crippen molar-refractivity contribution in [2.45, 2.75) is 31.7 Å². The molecule has 1 fully saturated rings. The predicted octanol–water partition coefficient (Wildman–Crippen LogP) is 3.12. The van der Waals surface area contributed by atoms with E-state index in [1.165, 1.54) is 28.3 Å². The molecule has 1 aliphatic carbocycles. The highest BCUT2D eigenvalue weighted by Gasteiger charge is 2.36. The number of halogens is 1. The van der Waals surface area contributed by atoms with Gasteiger partial charge in [-0.25, -0.2) is 4.98 Å². The van der Waals surface area contributed by atoms with E-state index >= 15 is 0 Å². The van der Waals surface area contributed by atoms with Crippen LogP contribution >= 0.6 is 22.6 Å². The first-order valence-corrected chi connectivity index (χ1v) is 6.62. The van der Waals surface area contributed by atoms with Gasteiger partial charge in [0.05, 0.1) is 11.0 Å². The van der Waals surface area contributed by atoms with Gasteiger partial charge in [0.1, 0.15) is 0 Å². The van der Waals surface area contributed by atoms with Gasteiger partial charge in [-0.1, -0.05) is 0 Å². The molecule has 2 aromatic rings. The monoisotopic (exact) mass is 327 g/mol. The number of anilines is 1. The van der Waals surface area contributed by atoms with E-state index in [0.29, 0.717) is 5.95 Å². The Hall–Kier alpha value is -0.780. The van der Waals surface area contributed by atoms with E-state index in [1.807, 2.05) is 0 Å². The van der Waals surface area contributed by atoms with Crippen LogP contribution in [0.15, 0.2) is 18.2 Å². The lowest BCUT2D eigenvalue weighted by Crippen LogP contribution is -2.37. The lowest BCUT2D eigenvalue weighted by molar-refractivity contribution is 0.177. The number of fused-ring (bicyclic) bond motifs is 1. The first-order valence-electron chi connectivity index (χ1n) is 5.54. The zero-order valence-corrected chi connectivity index (χ0v) is 11.4. The number of nitrogens with two attached hydrogens (primary N) is 1. The first kappa shape index (κ1) is 10.4. The second kappa shape index (κ2) is 3.35. The van der Waals surface area contributed by atoms with Crippen molar-refractivity contribution in [3.63, 3.8) is 0 Å². The first-order chi connectivity index (χ1) is 7.60. The average molecular weight is 327 g/mol. The maximum atomic E-state index is 6.05. The molecule has 16 heavy (non-hydrogen) atoms. The average Bonchev–Trinajstić information content (AvgIpc) is 2.50. The third-order valence-corrected chi connectivity index (χ3v) is 4.28. The van der Waals surface area contributed by atoms with Gasteiger partial charge in [0.15, 0.2) is 0 Å². The number of nitrogens with zero attached hydrogens (tertiary/aromatic N) is 2.